The minimum atomic E-state index is -2.50. The summed E-state index contributed by atoms with van der Waals surface area (Å²) in [5, 5.41) is 6.56. The highest BCUT2D eigenvalue weighted by molar-refractivity contribution is 14.0. The quantitative estimate of drug-likeness (QED) is 0.274. The number of hydrogen-bond acceptors (Lipinski definition) is 5. The molecule has 1 unspecified atom stereocenters. The molecule has 2 N–H and O–H groups in total. The zero-order valence-electron chi connectivity index (χ0n) is 14.1. The highest BCUT2D eigenvalue weighted by Crippen LogP contribution is 2.24. The van der Waals surface area contributed by atoms with Crippen LogP contribution in [0.25, 0.3) is 0 Å². The summed E-state index contributed by atoms with van der Waals surface area (Å²) >= 11 is 1.22. The third-order valence-electron chi connectivity index (χ3n) is 2.73. The Balaban J connectivity index is 0.00000529. The molecule has 0 saturated heterocycles. The molecular formula is C14H23F2IN4O2S. The van der Waals surface area contributed by atoms with Crippen LogP contribution in [-0.4, -0.2) is 43.0 Å². The van der Waals surface area contributed by atoms with Gasteiger partial charge >= 0.3 is 5.97 Å². The molecule has 10 heteroatoms. The third-order valence-corrected chi connectivity index (χ3v) is 4.05. The van der Waals surface area contributed by atoms with Crippen molar-refractivity contribution in [3.05, 3.63) is 15.6 Å². The molecular weight excluding hydrogens is 453 g/mol. The van der Waals surface area contributed by atoms with Crippen LogP contribution >= 0.6 is 35.3 Å². The average Bonchev–Trinajstić information content (AvgIpc) is 2.87. The van der Waals surface area contributed by atoms with Crippen molar-refractivity contribution in [1.82, 2.24) is 15.6 Å². The van der Waals surface area contributed by atoms with Crippen molar-refractivity contribution in [3.63, 3.8) is 0 Å². The van der Waals surface area contributed by atoms with Gasteiger partial charge in [-0.05, 0) is 27.7 Å². The van der Waals surface area contributed by atoms with E-state index in [1.54, 1.807) is 13.8 Å². The summed E-state index contributed by atoms with van der Waals surface area (Å²) in [4.78, 5) is 20.4. The standard InChI is InChI=1S/C14H22F2N4O2S.HI/c1-5-17-14(18-7-10(15)16)20-9(4)12-19-8(3)11(23-12)13(21)22-6-2;/h9-10H,5-7H2,1-4H3,(H2,17,18,20);1H. The summed E-state index contributed by atoms with van der Waals surface area (Å²) in [5.74, 6) is -0.120. The number of carbonyl (C=O) groups excluding carboxylic acids is 1. The van der Waals surface area contributed by atoms with E-state index in [1.165, 1.54) is 11.3 Å². The lowest BCUT2D eigenvalue weighted by molar-refractivity contribution is 0.0531. The van der Waals surface area contributed by atoms with E-state index in [2.05, 4.69) is 20.6 Å². The topological polar surface area (TPSA) is 75.6 Å². The normalized spacial score (nSPS) is 12.5. The van der Waals surface area contributed by atoms with Crippen LogP contribution in [0.1, 0.15) is 47.2 Å². The monoisotopic (exact) mass is 476 g/mol. The van der Waals surface area contributed by atoms with Crippen LogP contribution in [0.15, 0.2) is 4.99 Å². The van der Waals surface area contributed by atoms with Crippen molar-refractivity contribution in [2.45, 2.75) is 40.2 Å². The predicted molar refractivity (Wildman–Crippen MR) is 102 cm³/mol. The molecule has 0 radical (unpaired) electrons. The number of alkyl halides is 2. The van der Waals surface area contributed by atoms with Gasteiger partial charge in [-0.25, -0.2) is 23.6 Å². The van der Waals surface area contributed by atoms with Gasteiger partial charge in [0.2, 0.25) is 0 Å². The maximum atomic E-state index is 12.3. The lowest BCUT2D eigenvalue weighted by Gasteiger charge is -2.15. The Morgan fingerprint density at radius 1 is 1.42 bits per heavy atom. The van der Waals surface area contributed by atoms with Gasteiger partial charge in [-0.2, -0.15) is 0 Å². The van der Waals surface area contributed by atoms with Gasteiger partial charge in [0.05, 0.1) is 18.3 Å². The first-order chi connectivity index (χ1) is 10.9. The van der Waals surface area contributed by atoms with Gasteiger partial charge in [0.25, 0.3) is 6.43 Å². The molecule has 0 spiro atoms. The summed E-state index contributed by atoms with van der Waals surface area (Å²) < 4.78 is 29.6. The van der Waals surface area contributed by atoms with Gasteiger partial charge < -0.3 is 15.4 Å². The number of rotatable bonds is 7. The highest BCUT2D eigenvalue weighted by atomic mass is 127. The molecule has 0 fully saturated rings. The van der Waals surface area contributed by atoms with Crippen LogP contribution in [0.4, 0.5) is 8.78 Å². The first kappa shape index (κ1) is 23.0. The number of aryl methyl sites for hydroxylation is 1. The zero-order chi connectivity index (χ0) is 17.4. The molecule has 24 heavy (non-hydrogen) atoms. The van der Waals surface area contributed by atoms with Gasteiger partial charge in [0, 0.05) is 6.54 Å². The fourth-order valence-electron chi connectivity index (χ4n) is 1.74. The Bertz CT molecular complexity index is 555. The van der Waals surface area contributed by atoms with Crippen LogP contribution < -0.4 is 10.6 Å². The van der Waals surface area contributed by atoms with Crippen LogP contribution in [0, 0.1) is 6.92 Å². The Kier molecular flexibility index (Phi) is 11.0. The molecule has 138 valence electrons. The molecule has 1 aromatic heterocycles. The Labute approximate surface area is 161 Å². The van der Waals surface area contributed by atoms with Gasteiger partial charge in [0.1, 0.15) is 16.4 Å². The number of aliphatic imine (C=N–C) groups is 1. The molecule has 1 heterocycles. The summed E-state index contributed by atoms with van der Waals surface area (Å²) in [6, 6.07) is -0.280. The van der Waals surface area contributed by atoms with E-state index in [4.69, 9.17) is 4.74 Å². The number of aromatic nitrogens is 1. The van der Waals surface area contributed by atoms with E-state index >= 15 is 0 Å². The van der Waals surface area contributed by atoms with Gasteiger partial charge in [0.15, 0.2) is 5.96 Å². The molecule has 1 rings (SSSR count). The summed E-state index contributed by atoms with van der Waals surface area (Å²) in [7, 11) is 0. The molecule has 6 nitrogen and oxygen atoms in total. The summed E-state index contributed by atoms with van der Waals surface area (Å²) in [6.45, 7) is 7.40. The second-order valence-corrected chi connectivity index (χ2v) is 5.69. The molecule has 1 atom stereocenters. The van der Waals surface area contributed by atoms with Gasteiger partial charge in [-0.1, -0.05) is 0 Å². The highest BCUT2D eigenvalue weighted by Gasteiger charge is 2.20. The van der Waals surface area contributed by atoms with Crippen molar-refractivity contribution < 1.29 is 18.3 Å². The number of hydrogen-bond donors (Lipinski definition) is 2. The smallest absolute Gasteiger partial charge is 0.350 e. The maximum Gasteiger partial charge on any atom is 0.350 e. The summed E-state index contributed by atoms with van der Waals surface area (Å²) in [6.07, 6.45) is -2.50. The zero-order valence-corrected chi connectivity index (χ0v) is 17.2. The number of nitrogens with one attached hydrogen (secondary N) is 2. The van der Waals surface area contributed by atoms with E-state index in [9.17, 15) is 13.6 Å². The number of ether oxygens (including phenoxy) is 1. The average molecular weight is 476 g/mol. The summed E-state index contributed by atoms with van der Waals surface area (Å²) in [5.41, 5.74) is 0.589. The lowest BCUT2D eigenvalue weighted by Crippen LogP contribution is -2.39. The van der Waals surface area contributed by atoms with Gasteiger partial charge in [-0.15, -0.1) is 35.3 Å². The molecule has 0 bridgehead atoms. The molecule has 0 aromatic carbocycles. The molecule has 0 saturated carbocycles. The maximum absolute atomic E-state index is 12.3. The van der Waals surface area contributed by atoms with Crippen LogP contribution in [0.2, 0.25) is 0 Å². The lowest BCUT2D eigenvalue weighted by atomic mass is 10.3. The molecule has 0 aliphatic heterocycles. The minimum absolute atomic E-state index is 0. The number of esters is 1. The second kappa shape index (κ2) is 11.5. The van der Waals surface area contributed by atoms with E-state index in [1.807, 2.05) is 13.8 Å². The number of halogens is 3. The van der Waals surface area contributed by atoms with Crippen molar-refractivity contribution in [1.29, 1.82) is 0 Å². The van der Waals surface area contributed by atoms with Crippen molar-refractivity contribution in [2.24, 2.45) is 4.99 Å². The fourth-order valence-corrected chi connectivity index (χ4v) is 2.70. The predicted octanol–water partition coefficient (Wildman–Crippen LogP) is 3.13. The SMILES string of the molecule is CCNC(=NCC(F)F)NC(C)c1nc(C)c(C(=O)OCC)s1.I. The third kappa shape index (κ3) is 7.24. The first-order valence-corrected chi connectivity index (χ1v) is 8.18. The van der Waals surface area contributed by atoms with Crippen LogP contribution in [0.5, 0.6) is 0 Å². The first-order valence-electron chi connectivity index (χ1n) is 7.36. The van der Waals surface area contributed by atoms with E-state index < -0.39 is 18.9 Å². The van der Waals surface area contributed by atoms with Crippen LogP contribution in [0.3, 0.4) is 0 Å². The van der Waals surface area contributed by atoms with Crippen molar-refractivity contribution >= 4 is 47.2 Å². The molecule has 1 aromatic rings. The number of nitrogens with zero attached hydrogens (tertiary/aromatic N) is 2. The number of guanidine groups is 1. The number of carbonyl (C=O) groups is 1. The van der Waals surface area contributed by atoms with E-state index in [0.717, 1.165) is 0 Å². The van der Waals surface area contributed by atoms with E-state index in [-0.39, 0.29) is 36.0 Å². The second-order valence-electron chi connectivity index (χ2n) is 4.66. The molecule has 0 aliphatic carbocycles. The fraction of sp³-hybridized carbons (Fsp3) is 0.643. The van der Waals surface area contributed by atoms with Crippen molar-refractivity contribution in [2.75, 3.05) is 19.7 Å². The molecule has 0 aliphatic rings. The van der Waals surface area contributed by atoms with Crippen molar-refractivity contribution in [3.8, 4) is 0 Å². The Morgan fingerprint density at radius 2 is 2.08 bits per heavy atom. The number of thiazole rings is 1. The minimum Gasteiger partial charge on any atom is -0.462 e. The van der Waals surface area contributed by atoms with Gasteiger partial charge in [-0.3, -0.25) is 0 Å². The largest absolute Gasteiger partial charge is 0.462 e. The van der Waals surface area contributed by atoms with Crippen LogP contribution in [-0.2, 0) is 4.74 Å². The molecule has 0 amide bonds. The Hall–Kier alpha value is -1.04. The Morgan fingerprint density at radius 3 is 2.62 bits per heavy atom. The van der Waals surface area contributed by atoms with E-state index in [0.29, 0.717) is 28.7 Å².